The van der Waals surface area contributed by atoms with Crippen LogP contribution in [-0.4, -0.2) is 29.1 Å². The van der Waals surface area contributed by atoms with Gasteiger partial charge in [0, 0.05) is 11.9 Å². The highest BCUT2D eigenvalue weighted by atomic mass is 35.5. The van der Waals surface area contributed by atoms with Gasteiger partial charge < -0.3 is 10.1 Å². The van der Waals surface area contributed by atoms with Crippen LogP contribution in [0, 0.1) is 6.92 Å². The summed E-state index contributed by atoms with van der Waals surface area (Å²) in [5.74, 6) is 0.211. The summed E-state index contributed by atoms with van der Waals surface area (Å²) in [6, 6.07) is 5.36. The van der Waals surface area contributed by atoms with Gasteiger partial charge in [-0.15, -0.1) is 11.8 Å². The van der Waals surface area contributed by atoms with E-state index in [-0.39, 0.29) is 5.91 Å². The number of amides is 1. The molecule has 0 spiro atoms. The van der Waals surface area contributed by atoms with Crippen molar-refractivity contribution in [1.29, 1.82) is 0 Å². The number of benzene rings is 1. The maximum Gasteiger partial charge on any atom is 0.257 e. The molecular formula is C14H16ClN3O2S. The first-order chi connectivity index (χ1) is 9.97. The number of hydrogen-bond acceptors (Lipinski definition) is 4. The maximum atomic E-state index is 12.4. The molecule has 0 saturated heterocycles. The number of carbonyl (C=O) groups excluding carboxylic acids is 1. The molecule has 2 rings (SSSR count). The Balaban J connectivity index is 2.34. The highest BCUT2D eigenvalue weighted by molar-refractivity contribution is 7.98. The van der Waals surface area contributed by atoms with E-state index in [1.165, 1.54) is 7.11 Å². The van der Waals surface area contributed by atoms with Crippen LogP contribution in [0.3, 0.4) is 0 Å². The topological polar surface area (TPSA) is 56.1 Å². The average Bonchev–Trinajstić information content (AvgIpc) is 2.73. The minimum Gasteiger partial charge on any atom is -0.480 e. The number of halogens is 1. The number of ether oxygens (including phenoxy) is 1. The van der Waals surface area contributed by atoms with Gasteiger partial charge in [-0.1, -0.05) is 11.6 Å². The number of aromatic nitrogens is 2. The first kappa shape index (κ1) is 15.7. The van der Waals surface area contributed by atoms with Gasteiger partial charge in [0.05, 0.1) is 23.4 Å². The van der Waals surface area contributed by atoms with E-state index < -0.39 is 0 Å². The van der Waals surface area contributed by atoms with E-state index in [1.54, 1.807) is 42.5 Å². The summed E-state index contributed by atoms with van der Waals surface area (Å²) in [7, 11) is 3.29. The van der Waals surface area contributed by atoms with Crippen molar-refractivity contribution in [3.8, 4) is 5.88 Å². The summed E-state index contributed by atoms with van der Waals surface area (Å²) in [5, 5.41) is 7.45. The predicted molar refractivity (Wildman–Crippen MR) is 85.7 cm³/mol. The van der Waals surface area contributed by atoms with E-state index in [2.05, 4.69) is 10.4 Å². The number of methoxy groups -OCH3 is 1. The van der Waals surface area contributed by atoms with Crippen molar-refractivity contribution in [3.05, 3.63) is 34.5 Å². The van der Waals surface area contributed by atoms with E-state index in [9.17, 15) is 4.79 Å². The maximum absolute atomic E-state index is 12.4. The monoisotopic (exact) mass is 325 g/mol. The van der Waals surface area contributed by atoms with E-state index in [4.69, 9.17) is 16.3 Å². The van der Waals surface area contributed by atoms with Crippen LogP contribution in [0.5, 0.6) is 5.88 Å². The van der Waals surface area contributed by atoms with Gasteiger partial charge in [-0.25, -0.2) is 4.68 Å². The Bertz CT molecular complexity index is 685. The molecule has 1 N–H and O–H groups in total. The van der Waals surface area contributed by atoms with E-state index >= 15 is 0 Å². The SMILES string of the molecule is COc1c(NC(=O)c2cc(SC)ccc2Cl)c(C)nn1C. The molecule has 0 radical (unpaired) electrons. The largest absolute Gasteiger partial charge is 0.480 e. The Morgan fingerprint density at radius 2 is 2.19 bits per heavy atom. The average molecular weight is 326 g/mol. The van der Waals surface area contributed by atoms with E-state index in [1.807, 2.05) is 12.3 Å². The van der Waals surface area contributed by atoms with Gasteiger partial charge in [-0.05, 0) is 31.4 Å². The first-order valence-electron chi connectivity index (χ1n) is 6.20. The van der Waals surface area contributed by atoms with Gasteiger partial charge in [0.15, 0.2) is 0 Å². The summed E-state index contributed by atoms with van der Waals surface area (Å²) in [6.07, 6.45) is 1.94. The molecule has 1 aromatic carbocycles. The van der Waals surface area contributed by atoms with Crippen LogP contribution in [0.2, 0.25) is 5.02 Å². The number of nitrogens with one attached hydrogen (secondary N) is 1. The number of nitrogens with zero attached hydrogens (tertiary/aromatic N) is 2. The van der Waals surface area contributed by atoms with Crippen LogP contribution >= 0.6 is 23.4 Å². The second kappa shape index (κ2) is 6.41. The summed E-state index contributed by atoms with van der Waals surface area (Å²) < 4.78 is 6.83. The Labute approximate surface area is 132 Å². The molecule has 1 aromatic heterocycles. The van der Waals surface area contributed by atoms with Crippen LogP contribution in [0.15, 0.2) is 23.1 Å². The minimum atomic E-state index is -0.287. The molecule has 0 unspecified atom stereocenters. The van der Waals surface area contributed by atoms with Crippen LogP contribution in [0.25, 0.3) is 0 Å². The Morgan fingerprint density at radius 3 is 2.81 bits per heavy atom. The molecule has 1 amide bonds. The lowest BCUT2D eigenvalue weighted by Crippen LogP contribution is -2.13. The highest BCUT2D eigenvalue weighted by Crippen LogP contribution is 2.29. The molecule has 0 aliphatic rings. The Kier molecular flexibility index (Phi) is 4.80. The molecule has 0 aliphatic heterocycles. The molecular weight excluding hydrogens is 310 g/mol. The van der Waals surface area contributed by atoms with Crippen molar-refractivity contribution in [1.82, 2.24) is 9.78 Å². The fraction of sp³-hybridized carbons (Fsp3) is 0.286. The normalized spacial score (nSPS) is 10.5. The van der Waals surface area contributed by atoms with Gasteiger partial charge in [-0.2, -0.15) is 5.10 Å². The molecule has 21 heavy (non-hydrogen) atoms. The predicted octanol–water partition coefficient (Wildman–Crippen LogP) is 3.36. The van der Waals surface area contributed by atoms with Crippen LogP contribution in [-0.2, 0) is 7.05 Å². The molecule has 2 aromatic rings. The lowest BCUT2D eigenvalue weighted by atomic mass is 10.2. The van der Waals surface area contributed by atoms with Gasteiger partial charge in [0.1, 0.15) is 5.69 Å². The number of rotatable bonds is 4. The quantitative estimate of drug-likeness (QED) is 0.876. The Morgan fingerprint density at radius 1 is 1.48 bits per heavy atom. The number of anilines is 1. The van der Waals surface area contributed by atoms with Crippen LogP contribution in [0.1, 0.15) is 16.1 Å². The molecule has 0 atom stereocenters. The van der Waals surface area contributed by atoms with E-state index in [0.717, 1.165) is 4.90 Å². The Hall–Kier alpha value is -1.66. The number of hydrogen-bond donors (Lipinski definition) is 1. The van der Waals surface area contributed by atoms with Crippen molar-refractivity contribution in [2.24, 2.45) is 7.05 Å². The summed E-state index contributed by atoms with van der Waals surface area (Å²) >= 11 is 7.66. The zero-order valence-corrected chi connectivity index (χ0v) is 13.8. The molecule has 112 valence electrons. The third-order valence-electron chi connectivity index (χ3n) is 3.02. The van der Waals surface area contributed by atoms with Gasteiger partial charge in [0.2, 0.25) is 5.88 Å². The second-order valence-corrected chi connectivity index (χ2v) is 5.68. The highest BCUT2D eigenvalue weighted by Gasteiger charge is 2.19. The zero-order valence-electron chi connectivity index (χ0n) is 12.2. The molecule has 0 fully saturated rings. The van der Waals surface area contributed by atoms with Gasteiger partial charge >= 0.3 is 0 Å². The van der Waals surface area contributed by atoms with Gasteiger partial charge in [0.25, 0.3) is 5.91 Å². The standard InChI is InChI=1S/C14H16ClN3O2S/c1-8-12(14(20-3)18(2)17-8)16-13(19)10-7-9(21-4)5-6-11(10)15/h5-7H,1-4H3,(H,16,19). The first-order valence-corrected chi connectivity index (χ1v) is 7.80. The minimum absolute atomic E-state index is 0.287. The third-order valence-corrected chi connectivity index (χ3v) is 4.07. The van der Waals surface area contributed by atoms with Crippen LogP contribution in [0.4, 0.5) is 5.69 Å². The summed E-state index contributed by atoms with van der Waals surface area (Å²) in [4.78, 5) is 13.4. The third kappa shape index (κ3) is 3.16. The lowest BCUT2D eigenvalue weighted by Gasteiger charge is -2.09. The van der Waals surface area contributed by atoms with Crippen molar-refractivity contribution in [3.63, 3.8) is 0 Å². The van der Waals surface area contributed by atoms with Gasteiger partial charge in [-0.3, -0.25) is 4.79 Å². The number of thioether (sulfide) groups is 1. The fourth-order valence-electron chi connectivity index (χ4n) is 2.00. The number of carbonyl (C=O) groups is 1. The van der Waals surface area contributed by atoms with E-state index in [0.29, 0.717) is 27.8 Å². The summed E-state index contributed by atoms with van der Waals surface area (Å²) in [5.41, 5.74) is 1.66. The van der Waals surface area contributed by atoms with Crippen molar-refractivity contribution >= 4 is 35.0 Å². The zero-order chi connectivity index (χ0) is 15.6. The van der Waals surface area contributed by atoms with Crippen molar-refractivity contribution in [2.75, 3.05) is 18.7 Å². The molecule has 5 nitrogen and oxygen atoms in total. The molecule has 0 bridgehead atoms. The second-order valence-electron chi connectivity index (χ2n) is 4.39. The molecule has 0 saturated carbocycles. The van der Waals surface area contributed by atoms with Crippen molar-refractivity contribution in [2.45, 2.75) is 11.8 Å². The van der Waals surface area contributed by atoms with Crippen molar-refractivity contribution < 1.29 is 9.53 Å². The van der Waals surface area contributed by atoms with Crippen LogP contribution < -0.4 is 10.1 Å². The number of aryl methyl sites for hydroxylation is 2. The molecule has 0 aliphatic carbocycles. The fourth-order valence-corrected chi connectivity index (χ4v) is 2.64. The lowest BCUT2D eigenvalue weighted by molar-refractivity contribution is 0.102. The smallest absolute Gasteiger partial charge is 0.257 e. The molecule has 1 heterocycles. The summed E-state index contributed by atoms with van der Waals surface area (Å²) in [6.45, 7) is 1.80. The molecule has 7 heteroatoms.